The molecule has 0 aliphatic heterocycles. The summed E-state index contributed by atoms with van der Waals surface area (Å²) in [5.74, 6) is 0. The summed E-state index contributed by atoms with van der Waals surface area (Å²) in [5, 5.41) is 0. The van der Waals surface area contributed by atoms with Crippen molar-refractivity contribution in [1.82, 2.24) is 0 Å². The summed E-state index contributed by atoms with van der Waals surface area (Å²) in [6.07, 6.45) is 6.96. The Balaban J connectivity index is 3.15. The average Bonchev–Trinajstić information content (AvgIpc) is 1.86. The minimum atomic E-state index is 0.814. The normalized spacial score (nSPS) is 13.9. The topological polar surface area (TPSA) is 0 Å². The second-order valence-electron chi connectivity index (χ2n) is 2.72. The molecule has 0 N–H and O–H groups in total. The van der Waals surface area contributed by atoms with Crippen molar-refractivity contribution >= 4 is 67.8 Å². The highest BCUT2D eigenvalue weighted by Crippen LogP contribution is 2.24. The van der Waals surface area contributed by atoms with Gasteiger partial charge in [-0.15, -0.1) is 0 Å². The molecule has 68 valence electrons. The molecule has 0 nitrogen and oxygen atoms in total. The van der Waals surface area contributed by atoms with Gasteiger partial charge in [-0.25, -0.2) is 0 Å². The van der Waals surface area contributed by atoms with Crippen molar-refractivity contribution in [3.63, 3.8) is 0 Å². The van der Waals surface area contributed by atoms with E-state index < -0.39 is 0 Å². The maximum atomic E-state index is 2.59. The van der Waals surface area contributed by atoms with Gasteiger partial charge in [0, 0.05) is 3.92 Å². The molecule has 0 aromatic heterocycles. The minimum Gasteiger partial charge on any atom is -0.0826 e. The SMILES string of the molecule is CCCCCC(I)CC(I)I. The van der Waals surface area contributed by atoms with Gasteiger partial charge in [0.05, 0.1) is 1.93 Å². The maximum absolute atomic E-state index is 2.59. The quantitative estimate of drug-likeness (QED) is 0.280. The van der Waals surface area contributed by atoms with Crippen molar-refractivity contribution in [3.05, 3.63) is 0 Å². The van der Waals surface area contributed by atoms with Gasteiger partial charge in [-0.2, -0.15) is 0 Å². The molecule has 0 heterocycles. The van der Waals surface area contributed by atoms with Crippen LogP contribution in [0, 0.1) is 0 Å². The zero-order valence-electron chi connectivity index (χ0n) is 6.82. The smallest absolute Gasteiger partial charge is 0.0636 e. The summed E-state index contributed by atoms with van der Waals surface area (Å²) in [6.45, 7) is 2.27. The molecule has 0 rings (SSSR count). The molecule has 0 radical (unpaired) electrons. The van der Waals surface area contributed by atoms with Crippen LogP contribution in [0.4, 0.5) is 0 Å². The van der Waals surface area contributed by atoms with E-state index in [0.717, 1.165) is 5.86 Å². The third-order valence-corrected chi connectivity index (χ3v) is 3.70. The van der Waals surface area contributed by atoms with E-state index in [0.29, 0.717) is 0 Å². The number of unbranched alkanes of at least 4 members (excludes halogenated alkanes) is 2. The first kappa shape index (κ1) is 13.2. The fourth-order valence-electron chi connectivity index (χ4n) is 0.927. The Hall–Kier alpha value is 2.19. The van der Waals surface area contributed by atoms with Crippen LogP contribution in [0.3, 0.4) is 0 Å². The molecule has 0 saturated carbocycles. The molecule has 11 heavy (non-hydrogen) atoms. The molecule has 0 aromatic rings. The van der Waals surface area contributed by atoms with Gasteiger partial charge in [0.2, 0.25) is 0 Å². The van der Waals surface area contributed by atoms with E-state index in [9.17, 15) is 0 Å². The van der Waals surface area contributed by atoms with Gasteiger partial charge >= 0.3 is 0 Å². The van der Waals surface area contributed by atoms with Crippen LogP contribution in [0.1, 0.15) is 39.0 Å². The van der Waals surface area contributed by atoms with Gasteiger partial charge in [-0.05, 0) is 12.8 Å². The Kier molecular flexibility index (Phi) is 10.5. The Labute approximate surface area is 111 Å². The highest BCUT2D eigenvalue weighted by atomic mass is 127. The van der Waals surface area contributed by atoms with Crippen molar-refractivity contribution in [3.8, 4) is 0 Å². The van der Waals surface area contributed by atoms with Crippen molar-refractivity contribution < 1.29 is 0 Å². The van der Waals surface area contributed by atoms with E-state index in [4.69, 9.17) is 0 Å². The minimum absolute atomic E-state index is 0.814. The van der Waals surface area contributed by atoms with Crippen molar-refractivity contribution in [1.29, 1.82) is 0 Å². The predicted octanol–water partition coefficient (Wildman–Crippen LogP) is 4.96. The standard InChI is InChI=1S/C8H15I3/c1-2-3-4-5-7(9)6-8(10)11/h7-8H,2-6H2,1H3. The Morgan fingerprint density at radius 1 is 1.09 bits per heavy atom. The largest absolute Gasteiger partial charge is 0.0826 e. The van der Waals surface area contributed by atoms with E-state index in [2.05, 4.69) is 74.7 Å². The number of alkyl halides is 3. The summed E-state index contributed by atoms with van der Waals surface area (Å²) in [7, 11) is 0. The number of hydrogen-bond donors (Lipinski definition) is 0. The number of hydrogen-bond acceptors (Lipinski definition) is 0. The first-order valence-electron chi connectivity index (χ1n) is 4.09. The maximum Gasteiger partial charge on any atom is 0.0636 e. The van der Waals surface area contributed by atoms with Crippen molar-refractivity contribution in [2.24, 2.45) is 0 Å². The lowest BCUT2D eigenvalue weighted by atomic mass is 10.1. The molecule has 1 atom stereocenters. The van der Waals surface area contributed by atoms with Gasteiger partial charge in [-0.1, -0.05) is 94.0 Å². The van der Waals surface area contributed by atoms with Crippen LogP contribution in [0.15, 0.2) is 0 Å². The molecule has 0 amide bonds. The summed E-state index contributed by atoms with van der Waals surface area (Å²) < 4.78 is 1.71. The van der Waals surface area contributed by atoms with Gasteiger partial charge < -0.3 is 0 Å². The predicted molar refractivity (Wildman–Crippen MR) is 78.4 cm³/mol. The lowest BCUT2D eigenvalue weighted by Gasteiger charge is -2.09. The van der Waals surface area contributed by atoms with Gasteiger partial charge in [-0.3, -0.25) is 0 Å². The van der Waals surface area contributed by atoms with E-state index in [1.54, 1.807) is 0 Å². The molecule has 0 bridgehead atoms. The fraction of sp³-hybridized carbons (Fsp3) is 1.00. The van der Waals surface area contributed by atoms with Crippen LogP contribution in [-0.2, 0) is 0 Å². The van der Waals surface area contributed by atoms with E-state index in [1.807, 2.05) is 0 Å². The molecule has 0 aromatic carbocycles. The third-order valence-electron chi connectivity index (χ3n) is 1.55. The summed E-state index contributed by atoms with van der Waals surface area (Å²) >= 11 is 7.59. The Morgan fingerprint density at radius 2 is 1.73 bits per heavy atom. The van der Waals surface area contributed by atoms with Crippen LogP contribution in [0.5, 0.6) is 0 Å². The second-order valence-corrected chi connectivity index (χ2v) is 9.87. The van der Waals surface area contributed by atoms with E-state index in [1.165, 1.54) is 32.1 Å². The lowest BCUT2D eigenvalue weighted by molar-refractivity contribution is 0.649. The van der Waals surface area contributed by atoms with Crippen LogP contribution >= 0.6 is 67.8 Å². The molecule has 3 heteroatoms. The first-order valence-corrected chi connectivity index (χ1v) is 7.82. The van der Waals surface area contributed by atoms with Gasteiger partial charge in [0.1, 0.15) is 0 Å². The third kappa shape index (κ3) is 10.1. The highest BCUT2D eigenvalue weighted by molar-refractivity contribution is 14.2. The zero-order chi connectivity index (χ0) is 8.69. The second kappa shape index (κ2) is 8.77. The van der Waals surface area contributed by atoms with Crippen LogP contribution in [-0.4, -0.2) is 5.86 Å². The van der Waals surface area contributed by atoms with Crippen molar-refractivity contribution in [2.75, 3.05) is 0 Å². The molecule has 1 unspecified atom stereocenters. The first-order chi connectivity index (χ1) is 5.16. The van der Waals surface area contributed by atoms with Crippen LogP contribution in [0.25, 0.3) is 0 Å². The molecule has 0 fully saturated rings. The monoisotopic (exact) mass is 492 g/mol. The summed E-state index contributed by atoms with van der Waals surface area (Å²) in [5.41, 5.74) is 0. The molecular formula is C8H15I3. The molecule has 0 spiro atoms. The summed E-state index contributed by atoms with van der Waals surface area (Å²) in [6, 6.07) is 0. The summed E-state index contributed by atoms with van der Waals surface area (Å²) in [4.78, 5) is 0. The lowest BCUT2D eigenvalue weighted by Crippen LogP contribution is -2.01. The van der Waals surface area contributed by atoms with Gasteiger partial charge in [0.15, 0.2) is 0 Å². The Morgan fingerprint density at radius 3 is 2.18 bits per heavy atom. The zero-order valence-corrected chi connectivity index (χ0v) is 13.3. The highest BCUT2D eigenvalue weighted by Gasteiger charge is 2.07. The van der Waals surface area contributed by atoms with Crippen molar-refractivity contribution in [2.45, 2.75) is 44.9 Å². The molecule has 0 aliphatic carbocycles. The molecule has 0 saturated heterocycles. The van der Waals surface area contributed by atoms with E-state index >= 15 is 0 Å². The van der Waals surface area contributed by atoms with Crippen LogP contribution < -0.4 is 0 Å². The number of halogens is 3. The number of rotatable bonds is 6. The molecular weight excluding hydrogens is 477 g/mol. The van der Waals surface area contributed by atoms with E-state index in [-0.39, 0.29) is 0 Å². The Bertz CT molecular complexity index is 83.4. The fourth-order valence-corrected chi connectivity index (χ4v) is 5.05. The van der Waals surface area contributed by atoms with Crippen LogP contribution in [0.2, 0.25) is 0 Å². The van der Waals surface area contributed by atoms with Gasteiger partial charge in [0.25, 0.3) is 0 Å². The average molecular weight is 492 g/mol. The molecule has 0 aliphatic rings.